The topological polar surface area (TPSA) is 0 Å². The molecular formula is C18H20. The Labute approximate surface area is 109 Å². The highest BCUT2D eigenvalue weighted by atomic mass is 14.2. The van der Waals surface area contributed by atoms with Crippen LogP contribution in [0, 0.1) is 5.92 Å². The van der Waals surface area contributed by atoms with Gasteiger partial charge in [-0.15, -0.1) is 0 Å². The second-order valence-electron chi connectivity index (χ2n) is 5.42. The summed E-state index contributed by atoms with van der Waals surface area (Å²) in [4.78, 5) is 0. The molecule has 0 heteroatoms. The van der Waals surface area contributed by atoms with E-state index in [0.717, 1.165) is 0 Å². The van der Waals surface area contributed by atoms with Gasteiger partial charge >= 0.3 is 0 Å². The molecule has 18 heavy (non-hydrogen) atoms. The molecule has 2 aromatic carbocycles. The quantitative estimate of drug-likeness (QED) is 0.652. The Hall–Kier alpha value is -1.56. The summed E-state index contributed by atoms with van der Waals surface area (Å²) in [5.41, 5.74) is 2.68. The van der Waals surface area contributed by atoms with E-state index in [1.165, 1.54) is 54.0 Å². The average molecular weight is 236 g/mol. The highest BCUT2D eigenvalue weighted by Gasteiger charge is 2.17. The van der Waals surface area contributed by atoms with Crippen molar-refractivity contribution in [3.63, 3.8) is 0 Å². The summed E-state index contributed by atoms with van der Waals surface area (Å²) in [5, 5.41) is 2.64. The molecule has 0 aliphatic heterocycles. The smallest absolute Gasteiger partial charge is 0.0162 e. The second-order valence-corrected chi connectivity index (χ2v) is 5.42. The Morgan fingerprint density at radius 2 is 1.61 bits per heavy atom. The van der Waals surface area contributed by atoms with Crippen LogP contribution in [0.15, 0.2) is 49.0 Å². The van der Waals surface area contributed by atoms with Gasteiger partial charge in [0.25, 0.3) is 0 Å². The van der Waals surface area contributed by atoms with Gasteiger partial charge in [0.05, 0.1) is 0 Å². The molecule has 1 saturated carbocycles. The molecule has 0 amide bonds. The van der Waals surface area contributed by atoms with Crippen molar-refractivity contribution in [2.75, 3.05) is 0 Å². The van der Waals surface area contributed by atoms with Crippen LogP contribution in [0.25, 0.3) is 16.3 Å². The van der Waals surface area contributed by atoms with E-state index < -0.39 is 0 Å². The van der Waals surface area contributed by atoms with Crippen molar-refractivity contribution in [2.45, 2.75) is 32.1 Å². The van der Waals surface area contributed by atoms with Crippen LogP contribution in [-0.4, -0.2) is 0 Å². The fourth-order valence-electron chi connectivity index (χ4n) is 3.08. The van der Waals surface area contributed by atoms with Gasteiger partial charge in [0.2, 0.25) is 0 Å². The van der Waals surface area contributed by atoms with Crippen LogP contribution in [0.1, 0.15) is 37.7 Å². The molecule has 0 aromatic heterocycles. The van der Waals surface area contributed by atoms with E-state index in [9.17, 15) is 0 Å². The van der Waals surface area contributed by atoms with Crippen LogP contribution in [-0.2, 0) is 0 Å². The van der Waals surface area contributed by atoms with Crippen LogP contribution in [0.2, 0.25) is 0 Å². The lowest BCUT2D eigenvalue weighted by atomic mass is 9.81. The minimum absolute atomic E-state index is 0.708. The van der Waals surface area contributed by atoms with Gasteiger partial charge in [-0.2, -0.15) is 0 Å². The minimum Gasteiger partial charge on any atom is -0.0950 e. The summed E-state index contributed by atoms with van der Waals surface area (Å²) in [6.45, 7) is 4.36. The number of benzene rings is 2. The highest BCUT2D eigenvalue weighted by Crippen LogP contribution is 2.34. The van der Waals surface area contributed by atoms with Crippen molar-refractivity contribution >= 4 is 16.3 Å². The van der Waals surface area contributed by atoms with E-state index in [-0.39, 0.29) is 0 Å². The molecule has 1 aliphatic rings. The third kappa shape index (κ3) is 2.20. The molecule has 1 aliphatic carbocycles. The van der Waals surface area contributed by atoms with E-state index in [4.69, 9.17) is 0 Å². The lowest BCUT2D eigenvalue weighted by Gasteiger charge is -2.24. The Morgan fingerprint density at radius 1 is 0.889 bits per heavy atom. The van der Waals surface area contributed by atoms with Gasteiger partial charge in [-0.1, -0.05) is 62.2 Å². The first-order valence-electron chi connectivity index (χ1n) is 7.02. The summed E-state index contributed by atoms with van der Waals surface area (Å²) in [7, 11) is 0. The molecule has 1 fully saturated rings. The van der Waals surface area contributed by atoms with Crippen molar-refractivity contribution in [3.8, 4) is 0 Å². The Kier molecular flexibility index (Phi) is 3.19. The second kappa shape index (κ2) is 4.97. The monoisotopic (exact) mass is 236 g/mol. The fourth-order valence-corrected chi connectivity index (χ4v) is 3.08. The summed E-state index contributed by atoms with van der Waals surface area (Å²) >= 11 is 0. The van der Waals surface area contributed by atoms with Crippen molar-refractivity contribution < 1.29 is 0 Å². The molecule has 0 saturated heterocycles. The number of hydrogen-bond acceptors (Lipinski definition) is 0. The van der Waals surface area contributed by atoms with Crippen LogP contribution < -0.4 is 0 Å². The zero-order chi connectivity index (χ0) is 12.4. The van der Waals surface area contributed by atoms with Gasteiger partial charge < -0.3 is 0 Å². The summed E-state index contributed by atoms with van der Waals surface area (Å²) < 4.78 is 0. The van der Waals surface area contributed by atoms with E-state index in [1.54, 1.807) is 0 Å². The minimum atomic E-state index is 0.708. The normalized spacial score (nSPS) is 16.9. The van der Waals surface area contributed by atoms with Crippen LogP contribution in [0.4, 0.5) is 0 Å². The van der Waals surface area contributed by atoms with Crippen LogP contribution >= 0.6 is 0 Å². The first-order chi connectivity index (χ1) is 8.84. The zero-order valence-corrected chi connectivity index (χ0v) is 10.9. The maximum Gasteiger partial charge on any atom is -0.0162 e. The van der Waals surface area contributed by atoms with Gasteiger partial charge in [-0.05, 0) is 46.7 Å². The molecule has 0 nitrogen and oxygen atoms in total. The standard InChI is InChI=1S/C18H20/c1-14(15-7-3-2-4-8-15)17-12-11-16-9-5-6-10-18(16)13-17/h5-6,9-13,15H,1-4,7-8H2. The predicted octanol–water partition coefficient (Wildman–Crippen LogP) is 5.43. The number of rotatable bonds is 2. The maximum absolute atomic E-state index is 4.36. The molecule has 0 bridgehead atoms. The van der Waals surface area contributed by atoms with Crippen molar-refractivity contribution in [1.29, 1.82) is 0 Å². The van der Waals surface area contributed by atoms with Crippen LogP contribution in [0.3, 0.4) is 0 Å². The lowest BCUT2D eigenvalue weighted by molar-refractivity contribution is 0.430. The molecule has 0 unspecified atom stereocenters. The molecule has 0 atom stereocenters. The summed E-state index contributed by atoms with van der Waals surface area (Å²) in [6, 6.07) is 15.3. The molecule has 0 spiro atoms. The van der Waals surface area contributed by atoms with E-state index >= 15 is 0 Å². The first-order valence-corrected chi connectivity index (χ1v) is 7.02. The van der Waals surface area contributed by atoms with Crippen LogP contribution in [0.5, 0.6) is 0 Å². The largest absolute Gasteiger partial charge is 0.0950 e. The molecule has 0 radical (unpaired) electrons. The van der Waals surface area contributed by atoms with Crippen molar-refractivity contribution in [3.05, 3.63) is 54.6 Å². The van der Waals surface area contributed by atoms with E-state index in [2.05, 4.69) is 49.0 Å². The molecule has 3 rings (SSSR count). The van der Waals surface area contributed by atoms with Gasteiger partial charge in [-0.25, -0.2) is 0 Å². The third-order valence-electron chi connectivity index (χ3n) is 4.22. The van der Waals surface area contributed by atoms with Gasteiger partial charge in [0.1, 0.15) is 0 Å². The molecule has 0 N–H and O–H groups in total. The van der Waals surface area contributed by atoms with Gasteiger partial charge in [0, 0.05) is 0 Å². The molecular weight excluding hydrogens is 216 g/mol. The van der Waals surface area contributed by atoms with Gasteiger partial charge in [-0.3, -0.25) is 0 Å². The molecule has 0 heterocycles. The average Bonchev–Trinajstić information content (AvgIpc) is 2.47. The molecule has 92 valence electrons. The fraction of sp³-hybridized carbons (Fsp3) is 0.333. The predicted molar refractivity (Wildman–Crippen MR) is 79.6 cm³/mol. The number of hydrogen-bond donors (Lipinski definition) is 0. The Balaban J connectivity index is 1.91. The summed E-state index contributed by atoms with van der Waals surface area (Å²) in [6.07, 6.45) is 6.80. The van der Waals surface area contributed by atoms with E-state index in [0.29, 0.717) is 5.92 Å². The maximum atomic E-state index is 4.36. The highest BCUT2D eigenvalue weighted by molar-refractivity contribution is 5.86. The number of fused-ring (bicyclic) bond motifs is 1. The third-order valence-corrected chi connectivity index (χ3v) is 4.22. The first kappa shape index (κ1) is 11.5. The number of allylic oxidation sites excluding steroid dienone is 1. The van der Waals surface area contributed by atoms with E-state index in [1.807, 2.05) is 0 Å². The molecule has 2 aromatic rings. The Morgan fingerprint density at radius 3 is 2.39 bits per heavy atom. The summed E-state index contributed by atoms with van der Waals surface area (Å²) in [5.74, 6) is 0.708. The van der Waals surface area contributed by atoms with Crippen molar-refractivity contribution in [2.24, 2.45) is 5.92 Å². The SMILES string of the molecule is C=C(c1ccc2ccccc2c1)C1CCCCC1. The lowest BCUT2D eigenvalue weighted by Crippen LogP contribution is -2.07. The zero-order valence-electron chi connectivity index (χ0n) is 10.9. The van der Waals surface area contributed by atoms with Crippen molar-refractivity contribution in [1.82, 2.24) is 0 Å². The Bertz CT molecular complexity index is 559. The van der Waals surface area contributed by atoms with Gasteiger partial charge in [0.15, 0.2) is 0 Å².